The second kappa shape index (κ2) is 4.52. The van der Waals surface area contributed by atoms with Gasteiger partial charge >= 0.3 is 0 Å². The van der Waals surface area contributed by atoms with Crippen LogP contribution in [0.3, 0.4) is 0 Å². The molecule has 0 saturated carbocycles. The van der Waals surface area contributed by atoms with Crippen LogP contribution in [0.4, 0.5) is 5.95 Å². The van der Waals surface area contributed by atoms with Crippen molar-refractivity contribution in [3.05, 3.63) is 16.2 Å². The summed E-state index contributed by atoms with van der Waals surface area (Å²) in [6.07, 6.45) is -4.42. The van der Waals surface area contributed by atoms with E-state index in [4.69, 9.17) is 15.6 Å². The van der Waals surface area contributed by atoms with Crippen LogP contribution in [0.5, 0.6) is 0 Å². The normalized spacial score (nSPS) is 30.1. The molecule has 20 heavy (non-hydrogen) atoms. The van der Waals surface area contributed by atoms with Gasteiger partial charge in [-0.25, -0.2) is 4.98 Å². The molecule has 4 atom stereocenters. The molecule has 0 spiro atoms. The molecule has 1 aliphatic heterocycles. The van der Waals surface area contributed by atoms with Crippen molar-refractivity contribution in [1.82, 2.24) is 19.9 Å². The Morgan fingerprint density at radius 3 is 2.65 bits per heavy atom. The maximum Gasteiger partial charge on any atom is 0.278 e. The topological polar surface area (TPSA) is 170 Å². The fraction of sp³-hybridized carbons (Fsp3) is 0.500. The minimum Gasteiger partial charge on any atom is -0.394 e. The molecule has 0 amide bonds. The first-order valence-electron chi connectivity index (χ1n) is 5.89. The summed E-state index contributed by atoms with van der Waals surface area (Å²) >= 11 is 0. The molecule has 2 aromatic heterocycles. The van der Waals surface area contributed by atoms with Gasteiger partial charge in [-0.05, 0) is 0 Å². The first-order valence-corrected chi connectivity index (χ1v) is 5.89. The highest BCUT2D eigenvalue weighted by molar-refractivity contribution is 5.70. The van der Waals surface area contributed by atoms with E-state index in [1.807, 2.05) is 0 Å². The average molecular weight is 283 g/mol. The van der Waals surface area contributed by atoms with E-state index in [-0.39, 0.29) is 22.9 Å². The Labute approximate surface area is 111 Å². The Balaban J connectivity index is 2.03. The molecule has 1 aliphatic rings. The molecule has 10 nitrogen and oxygen atoms in total. The van der Waals surface area contributed by atoms with Crippen LogP contribution >= 0.6 is 0 Å². The lowest BCUT2D eigenvalue weighted by Crippen LogP contribution is -2.32. The van der Waals surface area contributed by atoms with Gasteiger partial charge in [0, 0.05) is 0 Å². The number of aromatic nitrogens is 4. The van der Waals surface area contributed by atoms with Gasteiger partial charge in [0.2, 0.25) is 5.95 Å². The fourth-order valence-corrected chi connectivity index (χ4v) is 2.20. The molecule has 3 rings (SSSR count). The van der Waals surface area contributed by atoms with Gasteiger partial charge in [-0.2, -0.15) is 4.98 Å². The number of aliphatic hydroxyl groups excluding tert-OH is 3. The number of hydrogen-bond donors (Lipinski definition) is 6. The highest BCUT2D eigenvalue weighted by Gasteiger charge is 2.44. The molecule has 1 unspecified atom stereocenters. The van der Waals surface area contributed by atoms with Crippen LogP contribution in [-0.2, 0) is 4.74 Å². The Hall–Kier alpha value is -2.01. The van der Waals surface area contributed by atoms with Crippen LogP contribution in [0.25, 0.3) is 11.2 Å². The van der Waals surface area contributed by atoms with E-state index in [9.17, 15) is 15.0 Å². The molecule has 0 aromatic carbocycles. The Morgan fingerprint density at radius 2 is 2.00 bits per heavy atom. The maximum atomic E-state index is 11.7. The highest BCUT2D eigenvalue weighted by Crippen LogP contribution is 2.32. The van der Waals surface area contributed by atoms with Crippen molar-refractivity contribution < 1.29 is 20.1 Å². The van der Waals surface area contributed by atoms with E-state index in [1.165, 1.54) is 0 Å². The number of aliphatic hydroxyl groups is 3. The Morgan fingerprint density at radius 1 is 1.25 bits per heavy atom. The fourth-order valence-electron chi connectivity index (χ4n) is 2.20. The first-order chi connectivity index (χ1) is 9.51. The number of fused-ring (bicyclic) bond motifs is 1. The summed E-state index contributed by atoms with van der Waals surface area (Å²) < 4.78 is 5.31. The number of H-pyrrole nitrogens is 2. The van der Waals surface area contributed by atoms with Crippen molar-refractivity contribution in [2.24, 2.45) is 0 Å². The predicted octanol–water partition coefficient (Wildman–Crippen LogP) is -2.62. The largest absolute Gasteiger partial charge is 0.394 e. The predicted molar refractivity (Wildman–Crippen MR) is 65.6 cm³/mol. The van der Waals surface area contributed by atoms with Gasteiger partial charge < -0.3 is 30.8 Å². The number of hydrogen-bond acceptors (Lipinski definition) is 8. The molecule has 2 aromatic rings. The molecule has 108 valence electrons. The molecular weight excluding hydrogens is 270 g/mol. The average Bonchev–Trinajstić information content (AvgIpc) is 2.93. The van der Waals surface area contributed by atoms with Gasteiger partial charge in [-0.1, -0.05) is 0 Å². The van der Waals surface area contributed by atoms with E-state index in [1.54, 1.807) is 0 Å². The summed E-state index contributed by atoms with van der Waals surface area (Å²) in [5.74, 6) is 0.0489. The van der Waals surface area contributed by atoms with Crippen LogP contribution in [0.15, 0.2) is 4.79 Å². The van der Waals surface area contributed by atoms with Gasteiger partial charge in [0.25, 0.3) is 5.56 Å². The summed E-state index contributed by atoms with van der Waals surface area (Å²) in [7, 11) is 0. The van der Waals surface area contributed by atoms with Crippen molar-refractivity contribution in [2.45, 2.75) is 24.4 Å². The monoisotopic (exact) mass is 283 g/mol. The van der Waals surface area contributed by atoms with E-state index < -0.39 is 36.6 Å². The zero-order valence-electron chi connectivity index (χ0n) is 10.1. The third-order valence-electron chi connectivity index (χ3n) is 3.21. The molecule has 0 radical (unpaired) electrons. The van der Waals surface area contributed by atoms with Crippen molar-refractivity contribution in [1.29, 1.82) is 0 Å². The Kier molecular flexibility index (Phi) is 2.94. The van der Waals surface area contributed by atoms with Crippen LogP contribution in [0.1, 0.15) is 11.9 Å². The number of nitrogens with two attached hydrogens (primary N) is 1. The maximum absolute atomic E-state index is 11.7. The summed E-state index contributed by atoms with van der Waals surface area (Å²) in [6.45, 7) is -0.444. The number of nitrogen functional groups attached to an aromatic ring is 1. The third-order valence-corrected chi connectivity index (χ3v) is 3.21. The van der Waals surface area contributed by atoms with E-state index in [0.29, 0.717) is 0 Å². The smallest absolute Gasteiger partial charge is 0.278 e. The molecule has 0 bridgehead atoms. The lowest BCUT2D eigenvalue weighted by atomic mass is 10.1. The zero-order chi connectivity index (χ0) is 14.4. The third kappa shape index (κ3) is 1.86. The SMILES string of the molecule is Nc1nc2nc(C3O[C@H](CO)[C@@H](O)[C@H]3O)[nH]c2c(=O)[nH]1. The molecule has 10 heteroatoms. The summed E-state index contributed by atoms with van der Waals surface area (Å²) in [5.41, 5.74) is 5.08. The van der Waals surface area contributed by atoms with E-state index in [2.05, 4.69) is 19.9 Å². The van der Waals surface area contributed by atoms with Crippen LogP contribution in [-0.4, -0.2) is 60.2 Å². The van der Waals surface area contributed by atoms with Crippen LogP contribution < -0.4 is 11.3 Å². The minimum absolute atomic E-state index is 0.0818. The van der Waals surface area contributed by atoms with Gasteiger partial charge in [-0.15, -0.1) is 0 Å². The van der Waals surface area contributed by atoms with E-state index >= 15 is 0 Å². The number of nitrogens with zero attached hydrogens (tertiary/aromatic N) is 2. The lowest BCUT2D eigenvalue weighted by molar-refractivity contribution is -0.0249. The number of nitrogens with one attached hydrogen (secondary N) is 2. The molecule has 7 N–H and O–H groups in total. The van der Waals surface area contributed by atoms with Gasteiger partial charge in [0.05, 0.1) is 6.61 Å². The highest BCUT2D eigenvalue weighted by atomic mass is 16.6. The van der Waals surface area contributed by atoms with Crippen molar-refractivity contribution >= 4 is 17.1 Å². The van der Waals surface area contributed by atoms with Crippen molar-refractivity contribution in [3.8, 4) is 0 Å². The zero-order valence-corrected chi connectivity index (χ0v) is 10.1. The summed E-state index contributed by atoms with van der Waals surface area (Å²) in [4.78, 5) is 24.5. The second-order valence-electron chi connectivity index (χ2n) is 4.53. The molecule has 0 aliphatic carbocycles. The summed E-state index contributed by atoms with van der Waals surface area (Å²) in [5, 5.41) is 28.6. The number of ether oxygens (including phenoxy) is 1. The van der Waals surface area contributed by atoms with Crippen molar-refractivity contribution in [3.63, 3.8) is 0 Å². The first kappa shape index (κ1) is 13.0. The number of anilines is 1. The standard InChI is InChI=1S/C10H13N5O5/c11-10-14-7-3(9(19)15-10)12-8(13-7)6-5(18)4(17)2(1-16)20-6/h2,4-6,16-18H,1H2,(H4,11,12,13,14,15,19)/t2-,4-,5-,6?/m1/s1. The summed E-state index contributed by atoms with van der Waals surface area (Å²) in [6, 6.07) is 0. The molecule has 3 heterocycles. The molecular formula is C10H13N5O5. The second-order valence-corrected chi connectivity index (χ2v) is 4.53. The molecule has 1 fully saturated rings. The van der Waals surface area contributed by atoms with Gasteiger partial charge in [0.15, 0.2) is 11.2 Å². The Bertz CT molecular complexity index is 697. The van der Waals surface area contributed by atoms with Crippen molar-refractivity contribution in [2.75, 3.05) is 12.3 Å². The quantitative estimate of drug-likeness (QED) is 0.348. The van der Waals surface area contributed by atoms with Crippen LogP contribution in [0.2, 0.25) is 0 Å². The molecule has 1 saturated heterocycles. The van der Waals surface area contributed by atoms with E-state index in [0.717, 1.165) is 0 Å². The number of imidazole rings is 1. The minimum atomic E-state index is -1.27. The number of aromatic amines is 2. The van der Waals surface area contributed by atoms with Crippen LogP contribution in [0, 0.1) is 0 Å². The van der Waals surface area contributed by atoms with Gasteiger partial charge in [0.1, 0.15) is 30.2 Å². The number of rotatable bonds is 2. The lowest BCUT2D eigenvalue weighted by Gasteiger charge is -2.11. The van der Waals surface area contributed by atoms with Gasteiger partial charge in [-0.3, -0.25) is 9.78 Å².